The van der Waals surface area contributed by atoms with Gasteiger partial charge in [0.1, 0.15) is 19.7 Å². The van der Waals surface area contributed by atoms with Crippen molar-refractivity contribution in [2.24, 2.45) is 0 Å². The Morgan fingerprint density at radius 3 is 0.900 bits per heavy atom. The Labute approximate surface area is 106 Å². The first-order chi connectivity index (χ1) is 8.84. The molecule has 114 valence electrons. The lowest BCUT2D eigenvalue weighted by Crippen LogP contribution is -2.68. The molecule has 0 saturated carbocycles. The van der Waals surface area contributed by atoms with E-state index in [1.54, 1.807) is 0 Å². The van der Waals surface area contributed by atoms with Crippen LogP contribution >= 0.6 is 0 Å². The van der Waals surface area contributed by atoms with E-state index in [0.717, 1.165) is 0 Å². The van der Waals surface area contributed by atoms with Crippen LogP contribution in [0.1, 0.15) is 0 Å². The van der Waals surface area contributed by atoms with Crippen molar-refractivity contribution in [2.45, 2.75) is 23.9 Å². The number of hydrogen-bond acceptors (Lipinski definition) is 12. The first-order valence-electron chi connectivity index (χ1n) is 4.23. The normalized spacial score (nSPS) is 15.2. The van der Waals surface area contributed by atoms with Gasteiger partial charge >= 0.3 is 11.7 Å². The summed E-state index contributed by atoms with van der Waals surface area (Å²) in [7, 11) is 0. The monoisotopic (exact) mass is 302 g/mol. The zero-order chi connectivity index (χ0) is 16.5. The Bertz CT molecular complexity index is 390. The number of rotatable bonds is 7. The fourth-order valence-electron chi connectivity index (χ4n) is 0.989. The molecule has 0 aromatic rings. The van der Waals surface area contributed by atoms with Crippen molar-refractivity contribution < 1.29 is 40.1 Å². The fraction of sp³-hybridized carbons (Fsp3) is 1.00. The van der Waals surface area contributed by atoms with E-state index in [2.05, 4.69) is 0 Å². The summed E-state index contributed by atoms with van der Waals surface area (Å²) in [5.41, 5.74) is 0. The summed E-state index contributed by atoms with van der Waals surface area (Å²) in [6.45, 7) is 0. The molecule has 20 heavy (non-hydrogen) atoms. The highest BCUT2D eigenvalue weighted by molar-refractivity contribution is 4.80. The molecule has 0 aliphatic heterocycles. The minimum atomic E-state index is -4.61. The molecule has 4 N–H and O–H groups in total. The molecular weight excluding hydrogens is 296 g/mol. The van der Waals surface area contributed by atoms with Crippen molar-refractivity contribution >= 4 is 0 Å². The Morgan fingerprint density at radius 1 is 0.650 bits per heavy atom. The summed E-state index contributed by atoms with van der Waals surface area (Å²) in [6, 6.07) is 0. The van der Waals surface area contributed by atoms with E-state index in [9.17, 15) is 40.5 Å². The number of nitrogens with zero attached hydrogens (tertiary/aromatic N) is 4. The lowest BCUT2D eigenvalue weighted by atomic mass is 10.0. The summed E-state index contributed by atoms with van der Waals surface area (Å²) in [5, 5.41) is 77.2. The number of hydrogen-bond donors (Lipinski definition) is 4. The highest BCUT2D eigenvalue weighted by atomic mass is 16.7. The van der Waals surface area contributed by atoms with E-state index in [0.29, 0.717) is 0 Å². The van der Waals surface area contributed by atoms with Gasteiger partial charge in [0.2, 0.25) is 0 Å². The first-order valence-corrected chi connectivity index (χ1v) is 4.23. The van der Waals surface area contributed by atoms with E-state index in [1.807, 2.05) is 0 Å². The van der Waals surface area contributed by atoms with Crippen molar-refractivity contribution in [3.63, 3.8) is 0 Å². The molecule has 0 bridgehead atoms. The molecule has 0 amide bonds. The van der Waals surface area contributed by atoms with Crippen molar-refractivity contribution in [1.29, 1.82) is 0 Å². The van der Waals surface area contributed by atoms with Crippen LogP contribution in [0, 0.1) is 40.5 Å². The molecule has 0 spiro atoms. The van der Waals surface area contributed by atoms with Gasteiger partial charge in [-0.25, -0.2) is 0 Å². The maximum absolute atomic E-state index is 10.3. The standard InChI is InChI=1S/C4H6N4O12/c9-1(3(11,5(13)14)6(15)16)2(10)4(12,7(17)18)8(19)20/h1-2,9-12H/t1-,2+. The Morgan fingerprint density at radius 2 is 0.800 bits per heavy atom. The number of aliphatic hydroxyl groups is 4. The smallest absolute Gasteiger partial charge is 0.374 e. The third-order valence-electron chi connectivity index (χ3n) is 2.17. The van der Waals surface area contributed by atoms with Gasteiger partial charge in [0, 0.05) is 0 Å². The van der Waals surface area contributed by atoms with Crippen LogP contribution in [0.2, 0.25) is 0 Å². The summed E-state index contributed by atoms with van der Waals surface area (Å²) in [6.07, 6.45) is -7.37. The quantitative estimate of drug-likeness (QED) is 0.200. The van der Waals surface area contributed by atoms with Gasteiger partial charge in [-0.3, -0.25) is 50.7 Å². The van der Waals surface area contributed by atoms with Crippen molar-refractivity contribution in [2.75, 3.05) is 0 Å². The molecular formula is C4H6N4O12. The van der Waals surface area contributed by atoms with Crippen LogP contribution in [-0.4, -0.2) is 64.0 Å². The third-order valence-corrected chi connectivity index (χ3v) is 2.17. The van der Waals surface area contributed by atoms with Crippen molar-refractivity contribution in [3.8, 4) is 0 Å². The van der Waals surface area contributed by atoms with Gasteiger partial charge in [-0.1, -0.05) is 0 Å². The van der Waals surface area contributed by atoms with Gasteiger partial charge in [-0.05, 0) is 0 Å². The van der Waals surface area contributed by atoms with Gasteiger partial charge in [0.05, 0.1) is 0 Å². The van der Waals surface area contributed by atoms with E-state index in [4.69, 9.17) is 20.4 Å². The number of nitro groups is 4. The van der Waals surface area contributed by atoms with Crippen LogP contribution in [0.3, 0.4) is 0 Å². The van der Waals surface area contributed by atoms with Crippen molar-refractivity contribution in [3.05, 3.63) is 40.5 Å². The van der Waals surface area contributed by atoms with Crippen LogP contribution in [0.4, 0.5) is 0 Å². The Balaban J connectivity index is 5.86. The van der Waals surface area contributed by atoms with E-state index >= 15 is 0 Å². The molecule has 2 atom stereocenters. The first kappa shape index (κ1) is 17.4. The van der Waals surface area contributed by atoms with Crippen LogP contribution in [0.5, 0.6) is 0 Å². The van der Waals surface area contributed by atoms with Crippen LogP contribution in [-0.2, 0) is 0 Å². The van der Waals surface area contributed by atoms with Gasteiger partial charge in [0.15, 0.2) is 0 Å². The SMILES string of the molecule is O=[N+]([O-])C(O)([C@H](O)[C@H](O)C(O)([N+](=O)[O-])[N+](=O)[O-])[N+](=O)[O-]. The third kappa shape index (κ3) is 2.30. The van der Waals surface area contributed by atoms with Crippen LogP contribution in [0.15, 0.2) is 0 Å². The largest absolute Gasteiger partial charge is 0.605 e. The zero-order valence-corrected chi connectivity index (χ0v) is 9.00. The highest BCUT2D eigenvalue weighted by Gasteiger charge is 2.76. The predicted octanol–water partition coefficient (Wildman–Crippen LogP) is -3.89. The molecule has 0 saturated heterocycles. The minimum Gasteiger partial charge on any atom is -0.374 e. The van der Waals surface area contributed by atoms with E-state index < -0.39 is 43.6 Å². The number of aliphatic hydroxyl groups excluding tert-OH is 2. The molecule has 0 heterocycles. The molecule has 0 aliphatic carbocycles. The predicted molar refractivity (Wildman–Crippen MR) is 49.9 cm³/mol. The Kier molecular flexibility index (Phi) is 4.54. The maximum atomic E-state index is 10.3. The second kappa shape index (κ2) is 5.21. The van der Waals surface area contributed by atoms with Gasteiger partial charge < -0.3 is 10.2 Å². The molecule has 0 fully saturated rings. The van der Waals surface area contributed by atoms with Gasteiger partial charge in [0.25, 0.3) is 12.2 Å². The van der Waals surface area contributed by atoms with E-state index in [1.165, 1.54) is 0 Å². The van der Waals surface area contributed by atoms with E-state index in [-0.39, 0.29) is 0 Å². The minimum absolute atomic E-state index is 2.17. The zero-order valence-electron chi connectivity index (χ0n) is 9.00. The summed E-state index contributed by atoms with van der Waals surface area (Å²) < 4.78 is 0. The Hall–Kier alpha value is -2.56. The second-order valence-electron chi connectivity index (χ2n) is 3.29. The summed E-state index contributed by atoms with van der Waals surface area (Å²) in [4.78, 5) is 32.5. The molecule has 0 aromatic carbocycles. The molecule has 0 aliphatic rings. The molecule has 0 unspecified atom stereocenters. The van der Waals surface area contributed by atoms with Gasteiger partial charge in [-0.15, -0.1) is 0 Å². The second-order valence-corrected chi connectivity index (χ2v) is 3.29. The molecule has 0 rings (SSSR count). The molecule has 16 nitrogen and oxygen atoms in total. The van der Waals surface area contributed by atoms with Crippen LogP contribution in [0.25, 0.3) is 0 Å². The highest BCUT2D eigenvalue weighted by Crippen LogP contribution is 2.24. The van der Waals surface area contributed by atoms with Crippen LogP contribution < -0.4 is 0 Å². The summed E-state index contributed by atoms with van der Waals surface area (Å²) >= 11 is 0. The topological polar surface area (TPSA) is 253 Å². The van der Waals surface area contributed by atoms with Gasteiger partial charge in [-0.2, -0.15) is 0 Å². The summed E-state index contributed by atoms with van der Waals surface area (Å²) in [5.74, 6) is -9.22. The molecule has 16 heteroatoms. The van der Waals surface area contributed by atoms with Crippen molar-refractivity contribution in [1.82, 2.24) is 0 Å². The lowest BCUT2D eigenvalue weighted by molar-refractivity contribution is -0.881. The molecule has 0 radical (unpaired) electrons. The average Bonchev–Trinajstić information content (AvgIpc) is 2.33. The molecule has 0 aromatic heterocycles. The lowest BCUT2D eigenvalue weighted by Gasteiger charge is -2.22. The fourth-order valence-corrected chi connectivity index (χ4v) is 0.989. The maximum Gasteiger partial charge on any atom is 0.605 e. The average molecular weight is 302 g/mol.